The van der Waals surface area contributed by atoms with Crippen molar-refractivity contribution in [3.63, 3.8) is 0 Å². The van der Waals surface area contributed by atoms with Gasteiger partial charge in [-0.1, -0.05) is 30.3 Å². The van der Waals surface area contributed by atoms with E-state index in [0.29, 0.717) is 12.7 Å². The van der Waals surface area contributed by atoms with Crippen LogP contribution in [0.1, 0.15) is 37.3 Å². The molecule has 0 bridgehead atoms. The molecular formula is C16H25NO2. The minimum Gasteiger partial charge on any atom is -0.383 e. The molecule has 0 aromatic heterocycles. The van der Waals surface area contributed by atoms with Gasteiger partial charge in [0, 0.05) is 13.7 Å². The lowest BCUT2D eigenvalue weighted by atomic mass is 10.0. The predicted molar refractivity (Wildman–Crippen MR) is 77.3 cm³/mol. The van der Waals surface area contributed by atoms with Gasteiger partial charge in [-0.25, -0.2) is 0 Å². The maximum atomic E-state index is 5.75. The van der Waals surface area contributed by atoms with Crippen LogP contribution in [0.2, 0.25) is 0 Å². The second-order valence-corrected chi connectivity index (χ2v) is 5.15. The van der Waals surface area contributed by atoms with Crippen LogP contribution in [0.25, 0.3) is 0 Å². The topological polar surface area (TPSA) is 30.5 Å². The molecule has 106 valence electrons. The summed E-state index contributed by atoms with van der Waals surface area (Å²) >= 11 is 0. The summed E-state index contributed by atoms with van der Waals surface area (Å²) in [6.45, 7) is 2.62. The third-order valence-corrected chi connectivity index (χ3v) is 3.67. The van der Waals surface area contributed by atoms with Gasteiger partial charge in [-0.2, -0.15) is 0 Å². The molecule has 1 aromatic carbocycles. The highest BCUT2D eigenvalue weighted by Crippen LogP contribution is 2.16. The first-order valence-corrected chi connectivity index (χ1v) is 7.29. The molecule has 0 aliphatic carbocycles. The fraction of sp³-hybridized carbons (Fsp3) is 0.625. The number of nitrogens with one attached hydrogen (secondary N) is 1. The van der Waals surface area contributed by atoms with Crippen LogP contribution in [0.4, 0.5) is 0 Å². The summed E-state index contributed by atoms with van der Waals surface area (Å²) in [6, 6.07) is 10.8. The summed E-state index contributed by atoms with van der Waals surface area (Å²) in [5.41, 5.74) is 1.29. The van der Waals surface area contributed by atoms with Crippen LogP contribution in [0.15, 0.2) is 30.3 Å². The molecule has 1 fully saturated rings. The number of hydrogen-bond acceptors (Lipinski definition) is 3. The summed E-state index contributed by atoms with van der Waals surface area (Å²) in [5, 5.41) is 3.58. The van der Waals surface area contributed by atoms with Gasteiger partial charge in [0.25, 0.3) is 0 Å². The quantitative estimate of drug-likeness (QED) is 0.820. The first kappa shape index (κ1) is 14.5. The van der Waals surface area contributed by atoms with Crippen molar-refractivity contribution >= 4 is 0 Å². The number of benzene rings is 1. The molecule has 3 heteroatoms. The van der Waals surface area contributed by atoms with Crippen LogP contribution in [-0.4, -0.2) is 33.0 Å². The summed E-state index contributed by atoms with van der Waals surface area (Å²) in [6.07, 6.45) is 5.28. The Bertz CT molecular complexity index is 336. The van der Waals surface area contributed by atoms with Crippen molar-refractivity contribution in [3.8, 4) is 0 Å². The second-order valence-electron chi connectivity index (χ2n) is 5.15. The SMILES string of the molecule is COCC(NCCC1CCCCO1)c1ccccc1. The largest absolute Gasteiger partial charge is 0.383 e. The maximum Gasteiger partial charge on any atom is 0.0657 e. The maximum absolute atomic E-state index is 5.75. The van der Waals surface area contributed by atoms with Crippen LogP contribution in [0.5, 0.6) is 0 Å². The number of methoxy groups -OCH3 is 1. The van der Waals surface area contributed by atoms with Crippen molar-refractivity contribution < 1.29 is 9.47 Å². The lowest BCUT2D eigenvalue weighted by Crippen LogP contribution is -2.30. The van der Waals surface area contributed by atoms with Crippen molar-refractivity contribution in [1.82, 2.24) is 5.32 Å². The van der Waals surface area contributed by atoms with Gasteiger partial charge < -0.3 is 14.8 Å². The predicted octanol–water partition coefficient (Wildman–Crippen LogP) is 2.92. The van der Waals surface area contributed by atoms with Crippen LogP contribution in [-0.2, 0) is 9.47 Å². The number of hydrogen-bond donors (Lipinski definition) is 1. The smallest absolute Gasteiger partial charge is 0.0657 e. The highest BCUT2D eigenvalue weighted by atomic mass is 16.5. The molecule has 2 rings (SSSR count). The standard InChI is InChI=1S/C16H25NO2/c1-18-13-16(14-7-3-2-4-8-14)17-11-10-15-9-5-6-12-19-15/h2-4,7-8,15-17H,5-6,9-13H2,1H3. The van der Waals surface area contributed by atoms with Gasteiger partial charge in [-0.05, 0) is 37.8 Å². The third kappa shape index (κ3) is 4.94. The lowest BCUT2D eigenvalue weighted by Gasteiger charge is -2.24. The monoisotopic (exact) mass is 263 g/mol. The molecule has 0 radical (unpaired) electrons. The van der Waals surface area contributed by atoms with Gasteiger partial charge in [-0.3, -0.25) is 0 Å². The molecule has 1 aromatic rings. The summed E-state index contributed by atoms with van der Waals surface area (Å²) in [5.74, 6) is 0. The zero-order valence-corrected chi connectivity index (χ0v) is 11.8. The normalized spacial score (nSPS) is 21.2. The zero-order chi connectivity index (χ0) is 13.3. The van der Waals surface area contributed by atoms with Gasteiger partial charge in [0.05, 0.1) is 18.8 Å². The van der Waals surface area contributed by atoms with Crippen molar-refractivity contribution in [1.29, 1.82) is 0 Å². The minimum atomic E-state index is 0.273. The average Bonchev–Trinajstić information content (AvgIpc) is 2.48. The zero-order valence-electron chi connectivity index (χ0n) is 11.8. The highest BCUT2D eigenvalue weighted by Gasteiger charge is 2.15. The Morgan fingerprint density at radius 2 is 2.16 bits per heavy atom. The molecule has 1 aliphatic rings. The molecule has 19 heavy (non-hydrogen) atoms. The Hall–Kier alpha value is -0.900. The molecule has 1 N–H and O–H groups in total. The van der Waals surface area contributed by atoms with Crippen molar-refractivity contribution in [2.24, 2.45) is 0 Å². The molecular weight excluding hydrogens is 238 g/mol. The van der Waals surface area contributed by atoms with E-state index in [1.165, 1.54) is 24.8 Å². The van der Waals surface area contributed by atoms with Crippen LogP contribution >= 0.6 is 0 Å². The summed E-state index contributed by atoms with van der Waals surface area (Å²) in [4.78, 5) is 0. The first-order valence-electron chi connectivity index (χ1n) is 7.29. The van der Waals surface area contributed by atoms with E-state index in [1.807, 2.05) is 6.07 Å². The molecule has 1 saturated heterocycles. The van der Waals surface area contributed by atoms with Crippen LogP contribution in [0, 0.1) is 0 Å². The van der Waals surface area contributed by atoms with E-state index in [0.717, 1.165) is 19.6 Å². The molecule has 0 saturated carbocycles. The van der Waals surface area contributed by atoms with Crippen molar-refractivity contribution in [2.75, 3.05) is 26.9 Å². The van der Waals surface area contributed by atoms with E-state index in [9.17, 15) is 0 Å². The molecule has 0 amide bonds. The van der Waals surface area contributed by atoms with Gasteiger partial charge in [-0.15, -0.1) is 0 Å². The summed E-state index contributed by atoms with van der Waals surface area (Å²) in [7, 11) is 1.75. The van der Waals surface area contributed by atoms with Crippen molar-refractivity contribution in [2.45, 2.75) is 37.8 Å². The van der Waals surface area contributed by atoms with Crippen LogP contribution in [0.3, 0.4) is 0 Å². The van der Waals surface area contributed by atoms with E-state index in [1.54, 1.807) is 7.11 Å². The average molecular weight is 263 g/mol. The lowest BCUT2D eigenvalue weighted by molar-refractivity contribution is 0.0107. The third-order valence-electron chi connectivity index (χ3n) is 3.67. The second kappa shape index (κ2) is 8.31. The Balaban J connectivity index is 1.77. The van der Waals surface area contributed by atoms with Gasteiger partial charge >= 0.3 is 0 Å². The Morgan fingerprint density at radius 1 is 1.32 bits per heavy atom. The Morgan fingerprint density at radius 3 is 2.84 bits per heavy atom. The molecule has 1 aliphatic heterocycles. The van der Waals surface area contributed by atoms with E-state index >= 15 is 0 Å². The van der Waals surface area contributed by atoms with Crippen molar-refractivity contribution in [3.05, 3.63) is 35.9 Å². The van der Waals surface area contributed by atoms with Gasteiger partial charge in [0.2, 0.25) is 0 Å². The van der Waals surface area contributed by atoms with Gasteiger partial charge in [0.15, 0.2) is 0 Å². The number of ether oxygens (including phenoxy) is 2. The van der Waals surface area contributed by atoms with E-state index in [2.05, 4.69) is 29.6 Å². The molecule has 1 heterocycles. The Kier molecular flexibility index (Phi) is 6.34. The Labute approximate surface area is 116 Å². The summed E-state index contributed by atoms with van der Waals surface area (Å²) < 4.78 is 11.1. The van der Waals surface area contributed by atoms with E-state index in [-0.39, 0.29) is 6.04 Å². The molecule has 2 atom stereocenters. The number of rotatable bonds is 7. The molecule has 2 unspecified atom stereocenters. The molecule has 3 nitrogen and oxygen atoms in total. The van der Waals surface area contributed by atoms with E-state index in [4.69, 9.17) is 9.47 Å². The highest BCUT2D eigenvalue weighted by molar-refractivity contribution is 5.18. The fourth-order valence-corrected chi connectivity index (χ4v) is 2.58. The van der Waals surface area contributed by atoms with Gasteiger partial charge in [0.1, 0.15) is 0 Å². The minimum absolute atomic E-state index is 0.273. The van der Waals surface area contributed by atoms with E-state index < -0.39 is 0 Å². The van der Waals surface area contributed by atoms with Crippen LogP contribution < -0.4 is 5.32 Å². The first-order chi connectivity index (χ1) is 9.40. The molecule has 0 spiro atoms. The fourth-order valence-electron chi connectivity index (χ4n) is 2.58.